The average Bonchev–Trinajstić information content (AvgIpc) is 3.19. The minimum absolute atomic E-state index is 0.421. The Kier molecular flexibility index (Phi) is 4.82. The molecule has 3 heterocycles. The number of benzene rings is 2. The van der Waals surface area contributed by atoms with Crippen molar-refractivity contribution in [2.45, 2.75) is 19.4 Å². The molecule has 2 aliphatic heterocycles. The number of fused-ring (bicyclic) bond motifs is 2. The van der Waals surface area contributed by atoms with Crippen molar-refractivity contribution >= 4 is 11.9 Å². The first kappa shape index (κ1) is 19.2. The van der Waals surface area contributed by atoms with E-state index in [1.165, 1.54) is 7.11 Å². The fourth-order valence-electron chi connectivity index (χ4n) is 3.96. The Morgan fingerprint density at radius 1 is 1.16 bits per heavy atom. The molecular weight excluding hydrogens is 396 g/mol. The van der Waals surface area contributed by atoms with Crippen LogP contribution in [0.15, 0.2) is 59.8 Å². The second kappa shape index (κ2) is 7.79. The molecule has 0 radical (unpaired) electrons. The molecule has 31 heavy (non-hydrogen) atoms. The number of aromatic nitrogens is 3. The van der Waals surface area contributed by atoms with Crippen molar-refractivity contribution in [2.75, 3.05) is 25.6 Å². The van der Waals surface area contributed by atoms with Crippen LogP contribution in [0.3, 0.4) is 0 Å². The number of allylic oxidation sites excluding steroid dienone is 1. The molecule has 0 spiro atoms. The monoisotopic (exact) mass is 418 g/mol. The molecule has 1 atom stereocenters. The molecule has 0 aliphatic carbocycles. The van der Waals surface area contributed by atoms with Crippen molar-refractivity contribution in [3.8, 4) is 11.5 Å². The van der Waals surface area contributed by atoms with Crippen LogP contribution in [0.4, 0.5) is 5.95 Å². The van der Waals surface area contributed by atoms with Crippen LogP contribution in [-0.2, 0) is 16.0 Å². The lowest BCUT2D eigenvalue weighted by atomic mass is 9.95. The number of esters is 1. The molecule has 3 aromatic rings. The third-order valence-electron chi connectivity index (χ3n) is 5.39. The molecule has 5 rings (SSSR count). The van der Waals surface area contributed by atoms with Crippen molar-refractivity contribution in [3.63, 3.8) is 0 Å². The Morgan fingerprint density at radius 2 is 1.94 bits per heavy atom. The number of anilines is 1. The lowest BCUT2D eigenvalue weighted by Crippen LogP contribution is -2.29. The van der Waals surface area contributed by atoms with Crippen LogP contribution < -0.4 is 14.8 Å². The van der Waals surface area contributed by atoms with Gasteiger partial charge in [-0.1, -0.05) is 36.4 Å². The van der Waals surface area contributed by atoms with Gasteiger partial charge in [-0.25, -0.2) is 9.48 Å². The topological polar surface area (TPSA) is 87.5 Å². The maximum absolute atomic E-state index is 12.7. The predicted octanol–water partition coefficient (Wildman–Crippen LogP) is 3.10. The Labute approximate surface area is 179 Å². The average molecular weight is 418 g/mol. The molecule has 0 saturated heterocycles. The van der Waals surface area contributed by atoms with E-state index < -0.39 is 12.0 Å². The van der Waals surface area contributed by atoms with Crippen LogP contribution in [0.25, 0.3) is 0 Å². The summed E-state index contributed by atoms with van der Waals surface area (Å²) in [5.74, 6) is 2.16. The largest absolute Gasteiger partial charge is 0.486 e. The Morgan fingerprint density at radius 3 is 2.71 bits per heavy atom. The van der Waals surface area contributed by atoms with Gasteiger partial charge < -0.3 is 19.5 Å². The number of hydrogen-bond acceptors (Lipinski definition) is 7. The molecule has 1 N–H and O–H groups in total. The minimum Gasteiger partial charge on any atom is -0.486 e. The highest BCUT2D eigenvalue weighted by molar-refractivity contribution is 5.92. The molecule has 158 valence electrons. The third-order valence-corrected chi connectivity index (χ3v) is 5.39. The van der Waals surface area contributed by atoms with Crippen LogP contribution in [0, 0.1) is 0 Å². The molecule has 0 bridgehead atoms. The van der Waals surface area contributed by atoms with Crippen molar-refractivity contribution < 1.29 is 19.0 Å². The van der Waals surface area contributed by atoms with E-state index >= 15 is 0 Å². The van der Waals surface area contributed by atoms with Gasteiger partial charge >= 0.3 is 5.97 Å². The van der Waals surface area contributed by atoms with Crippen molar-refractivity contribution in [2.24, 2.45) is 0 Å². The summed E-state index contributed by atoms with van der Waals surface area (Å²) in [6.45, 7) is 2.84. The maximum Gasteiger partial charge on any atom is 0.338 e. The fourth-order valence-corrected chi connectivity index (χ4v) is 3.96. The lowest BCUT2D eigenvalue weighted by molar-refractivity contribution is -0.136. The molecular formula is C23H22N4O4. The summed E-state index contributed by atoms with van der Waals surface area (Å²) in [6.07, 6.45) is 0.586. The number of carbonyl (C=O) groups is 1. The molecule has 1 unspecified atom stereocenters. The highest BCUT2D eigenvalue weighted by Gasteiger charge is 2.35. The first-order valence-corrected chi connectivity index (χ1v) is 10.1. The first-order valence-electron chi connectivity index (χ1n) is 10.1. The van der Waals surface area contributed by atoms with Gasteiger partial charge in [0.1, 0.15) is 19.3 Å². The Balaban J connectivity index is 1.59. The highest BCUT2D eigenvalue weighted by atomic mass is 16.6. The van der Waals surface area contributed by atoms with Crippen molar-refractivity contribution in [1.29, 1.82) is 0 Å². The zero-order chi connectivity index (χ0) is 21.4. The normalized spacial score (nSPS) is 17.0. The van der Waals surface area contributed by atoms with Gasteiger partial charge in [0.15, 0.2) is 17.3 Å². The van der Waals surface area contributed by atoms with E-state index in [9.17, 15) is 4.79 Å². The summed E-state index contributed by atoms with van der Waals surface area (Å²) in [5.41, 5.74) is 3.10. The quantitative estimate of drug-likeness (QED) is 0.652. The molecule has 0 amide bonds. The van der Waals surface area contributed by atoms with E-state index in [1.54, 1.807) is 4.68 Å². The van der Waals surface area contributed by atoms with Gasteiger partial charge in [0, 0.05) is 12.1 Å². The summed E-state index contributed by atoms with van der Waals surface area (Å²) in [6, 6.07) is 15.2. The minimum atomic E-state index is -0.503. The van der Waals surface area contributed by atoms with Crippen LogP contribution >= 0.6 is 0 Å². The second-order valence-corrected chi connectivity index (χ2v) is 7.42. The van der Waals surface area contributed by atoms with Crippen molar-refractivity contribution in [1.82, 2.24) is 14.8 Å². The number of nitrogens with one attached hydrogen (secondary N) is 1. The summed E-state index contributed by atoms with van der Waals surface area (Å²) >= 11 is 0. The summed E-state index contributed by atoms with van der Waals surface area (Å²) in [4.78, 5) is 17.4. The van der Waals surface area contributed by atoms with E-state index in [4.69, 9.17) is 19.3 Å². The van der Waals surface area contributed by atoms with Gasteiger partial charge in [0.05, 0.1) is 12.7 Å². The molecule has 2 aliphatic rings. The number of rotatable bonds is 4. The Hall–Kier alpha value is -3.81. The SMILES string of the molecule is COC(=O)C1=C(C)Nc2nc(Cc3ccccc3)nn2C1c1ccc2c(c1)OCCO2. The van der Waals surface area contributed by atoms with Gasteiger partial charge in [-0.2, -0.15) is 10.1 Å². The molecule has 8 heteroatoms. The second-order valence-electron chi connectivity index (χ2n) is 7.42. The van der Waals surface area contributed by atoms with E-state index in [0.29, 0.717) is 54.2 Å². The number of carbonyl (C=O) groups excluding carboxylic acids is 1. The maximum atomic E-state index is 12.7. The van der Waals surface area contributed by atoms with Crippen LogP contribution in [0.5, 0.6) is 11.5 Å². The zero-order valence-electron chi connectivity index (χ0n) is 17.3. The summed E-state index contributed by atoms with van der Waals surface area (Å²) in [5, 5.41) is 7.95. The fraction of sp³-hybridized carbons (Fsp3) is 0.261. The lowest BCUT2D eigenvalue weighted by Gasteiger charge is -2.28. The van der Waals surface area contributed by atoms with Gasteiger partial charge in [-0.3, -0.25) is 0 Å². The van der Waals surface area contributed by atoms with Crippen molar-refractivity contribution in [3.05, 3.63) is 76.8 Å². The standard InChI is InChI=1S/C23H22N4O4/c1-14-20(22(28)29-2)21(16-8-9-17-18(13-16)31-11-10-30-17)27-23(24-14)25-19(26-27)12-15-6-4-3-5-7-15/h3-9,13,21H,10-12H2,1-2H3,(H,24,25,26). The predicted molar refractivity (Wildman–Crippen MR) is 113 cm³/mol. The number of nitrogens with zero attached hydrogens (tertiary/aromatic N) is 3. The summed E-state index contributed by atoms with van der Waals surface area (Å²) in [7, 11) is 1.38. The van der Waals surface area contributed by atoms with E-state index in [1.807, 2.05) is 55.5 Å². The molecule has 0 fully saturated rings. The van der Waals surface area contributed by atoms with Crippen LogP contribution in [-0.4, -0.2) is 41.1 Å². The Bertz CT molecular complexity index is 1170. The van der Waals surface area contributed by atoms with Gasteiger partial charge in [0.2, 0.25) is 5.95 Å². The number of hydrogen-bond donors (Lipinski definition) is 1. The van der Waals surface area contributed by atoms with Crippen LogP contribution in [0.1, 0.15) is 29.9 Å². The van der Waals surface area contributed by atoms with Gasteiger partial charge in [0.25, 0.3) is 0 Å². The van der Waals surface area contributed by atoms with Gasteiger partial charge in [-0.15, -0.1) is 0 Å². The number of ether oxygens (including phenoxy) is 3. The smallest absolute Gasteiger partial charge is 0.338 e. The molecule has 0 saturated carbocycles. The van der Waals surface area contributed by atoms with E-state index in [2.05, 4.69) is 10.3 Å². The molecule has 1 aromatic heterocycles. The van der Waals surface area contributed by atoms with Crippen LogP contribution in [0.2, 0.25) is 0 Å². The van der Waals surface area contributed by atoms with E-state index in [0.717, 1.165) is 11.1 Å². The molecule has 8 nitrogen and oxygen atoms in total. The first-order chi connectivity index (χ1) is 15.1. The highest BCUT2D eigenvalue weighted by Crippen LogP contribution is 2.39. The number of methoxy groups -OCH3 is 1. The zero-order valence-corrected chi connectivity index (χ0v) is 17.3. The van der Waals surface area contributed by atoms with Gasteiger partial charge in [-0.05, 0) is 30.2 Å². The molecule has 2 aromatic carbocycles. The summed E-state index contributed by atoms with van der Waals surface area (Å²) < 4.78 is 18.2. The van der Waals surface area contributed by atoms with E-state index in [-0.39, 0.29) is 0 Å². The third kappa shape index (κ3) is 3.50.